The number of rotatable bonds is 6. The Kier molecular flexibility index (Phi) is 9.37. The maximum Gasteiger partial charge on any atom is 1.00 e. The molecule has 1 aliphatic carbocycles. The molecular formula is C21H30LiN3O3. The van der Waals surface area contributed by atoms with Gasteiger partial charge in [-0.3, -0.25) is 4.90 Å². The Balaban J connectivity index is 0.00000280. The van der Waals surface area contributed by atoms with Crippen molar-refractivity contribution in [3.63, 3.8) is 0 Å². The van der Waals surface area contributed by atoms with E-state index in [0.717, 1.165) is 45.3 Å². The largest absolute Gasteiger partial charge is 1.00 e. The fourth-order valence-corrected chi connectivity index (χ4v) is 4.16. The van der Waals surface area contributed by atoms with Crippen molar-refractivity contribution >= 4 is 12.0 Å². The van der Waals surface area contributed by atoms with Gasteiger partial charge in [-0.15, -0.1) is 0 Å². The third-order valence-corrected chi connectivity index (χ3v) is 5.78. The van der Waals surface area contributed by atoms with Crippen LogP contribution in [0.4, 0.5) is 4.79 Å². The molecule has 0 spiro atoms. The molecule has 2 amide bonds. The van der Waals surface area contributed by atoms with Gasteiger partial charge in [-0.2, -0.15) is 0 Å². The van der Waals surface area contributed by atoms with E-state index in [1.165, 1.54) is 12.0 Å². The molecule has 3 rings (SSSR count). The van der Waals surface area contributed by atoms with Crippen molar-refractivity contribution in [3.05, 3.63) is 35.9 Å². The molecule has 1 atom stereocenters. The van der Waals surface area contributed by atoms with Crippen LogP contribution in [0, 0.1) is 5.92 Å². The average molecular weight is 379 g/mol. The van der Waals surface area contributed by atoms with E-state index in [0.29, 0.717) is 25.4 Å². The van der Waals surface area contributed by atoms with Crippen molar-refractivity contribution in [2.45, 2.75) is 51.1 Å². The second-order valence-electron chi connectivity index (χ2n) is 7.81. The smallest absolute Gasteiger partial charge is 0.548 e. The van der Waals surface area contributed by atoms with Crippen LogP contribution in [0.3, 0.4) is 0 Å². The summed E-state index contributed by atoms with van der Waals surface area (Å²) in [6.07, 6.45) is 6.13. The number of hydrogen-bond acceptors (Lipinski definition) is 4. The van der Waals surface area contributed by atoms with E-state index in [2.05, 4.69) is 22.3 Å². The van der Waals surface area contributed by atoms with E-state index in [-0.39, 0.29) is 24.9 Å². The zero-order chi connectivity index (χ0) is 19.1. The molecule has 2 aliphatic rings. The van der Waals surface area contributed by atoms with Crippen LogP contribution >= 0.6 is 0 Å². The van der Waals surface area contributed by atoms with Crippen LogP contribution in [0.2, 0.25) is 0 Å². The number of nitrogens with zero attached hydrogens (tertiary/aromatic N) is 2. The molecule has 2 fully saturated rings. The molecule has 1 saturated heterocycles. The molecule has 28 heavy (non-hydrogen) atoms. The van der Waals surface area contributed by atoms with Gasteiger partial charge >= 0.3 is 24.9 Å². The van der Waals surface area contributed by atoms with Crippen molar-refractivity contribution in [2.24, 2.45) is 5.92 Å². The van der Waals surface area contributed by atoms with Gasteiger partial charge in [-0.05, 0) is 17.9 Å². The molecule has 0 bridgehead atoms. The number of carbonyl (C=O) groups excluding carboxylic acids is 2. The van der Waals surface area contributed by atoms with Crippen LogP contribution in [0.1, 0.15) is 44.1 Å². The van der Waals surface area contributed by atoms with Gasteiger partial charge < -0.3 is 20.1 Å². The van der Waals surface area contributed by atoms with Gasteiger partial charge in [0.05, 0.1) is 12.0 Å². The molecule has 1 aliphatic heterocycles. The number of benzene rings is 1. The summed E-state index contributed by atoms with van der Waals surface area (Å²) >= 11 is 0. The van der Waals surface area contributed by atoms with E-state index in [4.69, 9.17) is 0 Å². The second-order valence-corrected chi connectivity index (χ2v) is 7.81. The predicted molar refractivity (Wildman–Crippen MR) is 102 cm³/mol. The van der Waals surface area contributed by atoms with E-state index < -0.39 is 12.0 Å². The van der Waals surface area contributed by atoms with E-state index in [9.17, 15) is 14.7 Å². The fourth-order valence-electron chi connectivity index (χ4n) is 4.16. The molecular weight excluding hydrogens is 349 g/mol. The first kappa shape index (κ1) is 22.8. The van der Waals surface area contributed by atoms with Gasteiger partial charge in [-0.1, -0.05) is 62.4 Å². The third kappa shape index (κ3) is 6.84. The van der Waals surface area contributed by atoms with Crippen LogP contribution in [0.5, 0.6) is 0 Å². The number of aliphatic carboxylic acids is 1. The Morgan fingerprint density at radius 1 is 1.04 bits per heavy atom. The number of hydrogen-bond donors (Lipinski definition) is 1. The van der Waals surface area contributed by atoms with Gasteiger partial charge in [0.15, 0.2) is 0 Å². The number of amides is 2. The fraction of sp³-hybridized carbons (Fsp3) is 0.619. The van der Waals surface area contributed by atoms with Gasteiger partial charge in [0.2, 0.25) is 0 Å². The van der Waals surface area contributed by atoms with Crippen LogP contribution in [-0.2, 0) is 11.3 Å². The van der Waals surface area contributed by atoms with Crippen molar-refractivity contribution in [3.8, 4) is 0 Å². The molecule has 7 heteroatoms. The average Bonchev–Trinajstić information content (AvgIpc) is 2.69. The quantitative estimate of drug-likeness (QED) is 0.618. The van der Waals surface area contributed by atoms with Crippen LogP contribution in [0.25, 0.3) is 0 Å². The van der Waals surface area contributed by atoms with E-state index >= 15 is 0 Å². The van der Waals surface area contributed by atoms with Crippen LogP contribution in [0.15, 0.2) is 30.3 Å². The summed E-state index contributed by atoms with van der Waals surface area (Å²) in [6.45, 7) is 3.69. The Bertz CT molecular complexity index is 615. The summed E-state index contributed by atoms with van der Waals surface area (Å²) in [5, 5.41) is 14.2. The molecule has 0 radical (unpaired) electrons. The minimum absolute atomic E-state index is 0. The predicted octanol–water partition coefficient (Wildman–Crippen LogP) is -1.39. The molecule has 0 unspecified atom stereocenters. The van der Waals surface area contributed by atoms with Crippen molar-refractivity contribution in [1.82, 2.24) is 15.1 Å². The minimum atomic E-state index is -1.17. The number of carboxylic acid groups (broad SMARTS) is 1. The third-order valence-electron chi connectivity index (χ3n) is 5.78. The zero-order valence-corrected chi connectivity index (χ0v) is 16.9. The SMILES string of the molecule is O=C([O-])[C@H](CC1CCCCC1)NC(=O)N1CCN(Cc2ccccc2)CC1.[Li+]. The van der Waals surface area contributed by atoms with Crippen molar-refractivity contribution in [2.75, 3.05) is 26.2 Å². The Morgan fingerprint density at radius 2 is 1.68 bits per heavy atom. The van der Waals surface area contributed by atoms with Crippen LogP contribution in [-0.4, -0.2) is 54.0 Å². The molecule has 0 aromatic heterocycles. The van der Waals surface area contributed by atoms with Gasteiger partial charge in [0, 0.05) is 32.7 Å². The maximum absolute atomic E-state index is 12.5. The number of urea groups is 1. The molecule has 1 aromatic rings. The van der Waals surface area contributed by atoms with E-state index in [1.807, 2.05) is 18.2 Å². The first-order valence-electron chi connectivity index (χ1n) is 10.1. The van der Waals surface area contributed by atoms with Crippen molar-refractivity contribution < 1.29 is 33.6 Å². The molecule has 1 N–H and O–H groups in total. The molecule has 1 aromatic carbocycles. The van der Waals surface area contributed by atoms with Gasteiger partial charge in [0.1, 0.15) is 0 Å². The summed E-state index contributed by atoms with van der Waals surface area (Å²) in [7, 11) is 0. The van der Waals surface area contributed by atoms with E-state index in [1.54, 1.807) is 4.90 Å². The summed E-state index contributed by atoms with van der Waals surface area (Å²) in [6, 6.07) is 9.12. The first-order valence-corrected chi connectivity index (χ1v) is 10.1. The van der Waals surface area contributed by atoms with Crippen molar-refractivity contribution in [1.29, 1.82) is 0 Å². The number of carbonyl (C=O) groups is 2. The molecule has 1 saturated carbocycles. The standard InChI is InChI=1S/C21H31N3O3.Li/c25-20(26)19(15-17-7-3-1-4-8-17)22-21(27)24-13-11-23(12-14-24)16-18-9-5-2-6-10-18;/h2,5-6,9-10,17,19H,1,3-4,7-8,11-16H2,(H,22,27)(H,25,26);/q;+1/p-1/t19-;/m0./s1. The molecule has 148 valence electrons. The molecule has 1 heterocycles. The maximum atomic E-state index is 12.5. The Morgan fingerprint density at radius 3 is 2.29 bits per heavy atom. The topological polar surface area (TPSA) is 75.7 Å². The Hall–Kier alpha value is -1.48. The first-order chi connectivity index (χ1) is 13.1. The summed E-state index contributed by atoms with van der Waals surface area (Å²) in [5.41, 5.74) is 1.26. The van der Waals surface area contributed by atoms with Gasteiger partial charge in [-0.25, -0.2) is 4.79 Å². The Labute approximate surface area is 179 Å². The van der Waals surface area contributed by atoms with Crippen LogP contribution < -0.4 is 29.3 Å². The zero-order valence-electron chi connectivity index (χ0n) is 16.9. The monoisotopic (exact) mass is 379 g/mol. The number of nitrogens with one attached hydrogen (secondary N) is 1. The molecule has 6 nitrogen and oxygen atoms in total. The normalized spacial score (nSPS) is 19.5. The summed E-state index contributed by atoms with van der Waals surface area (Å²) in [5.74, 6) is -0.790. The minimum Gasteiger partial charge on any atom is -0.548 e. The summed E-state index contributed by atoms with van der Waals surface area (Å²) < 4.78 is 0. The number of carboxylic acids is 1. The number of piperazine rings is 1. The van der Waals surface area contributed by atoms with Gasteiger partial charge in [0.25, 0.3) is 0 Å². The summed E-state index contributed by atoms with van der Waals surface area (Å²) in [4.78, 5) is 28.1. The second kappa shape index (κ2) is 11.5.